The highest BCUT2D eigenvalue weighted by Crippen LogP contribution is 2.21. The lowest BCUT2D eigenvalue weighted by Gasteiger charge is -2.07. The van der Waals surface area contributed by atoms with Crippen molar-refractivity contribution < 1.29 is 8.78 Å². The number of nitrogens with one attached hydrogen (secondary N) is 2. The lowest BCUT2D eigenvalue weighted by atomic mass is 10.2. The minimum atomic E-state index is -0.787. The molecule has 0 atom stereocenters. The minimum absolute atomic E-state index is 0.0474. The summed E-state index contributed by atoms with van der Waals surface area (Å²) in [5.74, 6) is -1.57. The predicted molar refractivity (Wildman–Crippen MR) is 57.0 cm³/mol. The van der Waals surface area contributed by atoms with Crippen molar-refractivity contribution in [1.82, 2.24) is 10.2 Å². The summed E-state index contributed by atoms with van der Waals surface area (Å²) in [5.41, 5.74) is 0.479. The fraction of sp³-hybridized carbons (Fsp3) is 0.0909. The third kappa shape index (κ3) is 2.39. The zero-order valence-electron chi connectivity index (χ0n) is 8.67. The zero-order valence-corrected chi connectivity index (χ0v) is 8.67. The molecule has 2 N–H and O–H groups in total. The first-order chi connectivity index (χ1) is 8.20. The molecule has 0 amide bonds. The van der Waals surface area contributed by atoms with Crippen molar-refractivity contribution in [2.24, 2.45) is 0 Å². The van der Waals surface area contributed by atoms with Gasteiger partial charge in [-0.05, 0) is 12.1 Å². The van der Waals surface area contributed by atoms with Gasteiger partial charge in [-0.3, -0.25) is 5.10 Å². The molecule has 17 heavy (non-hydrogen) atoms. The van der Waals surface area contributed by atoms with Crippen molar-refractivity contribution >= 4 is 5.69 Å². The van der Waals surface area contributed by atoms with E-state index in [4.69, 9.17) is 5.26 Å². The number of nitriles is 1. The van der Waals surface area contributed by atoms with Gasteiger partial charge in [-0.15, -0.1) is 0 Å². The second-order valence-electron chi connectivity index (χ2n) is 3.39. The third-order valence-corrected chi connectivity index (χ3v) is 2.20. The Balaban J connectivity index is 2.19. The summed E-state index contributed by atoms with van der Waals surface area (Å²) in [4.78, 5) is 0. The molecule has 2 rings (SSSR count). The van der Waals surface area contributed by atoms with Gasteiger partial charge in [-0.25, -0.2) is 8.78 Å². The van der Waals surface area contributed by atoms with Crippen molar-refractivity contribution in [2.45, 2.75) is 6.54 Å². The molecule has 0 bridgehead atoms. The molecule has 0 aliphatic heterocycles. The molecule has 0 unspecified atom stereocenters. The first-order valence-corrected chi connectivity index (χ1v) is 4.81. The Labute approximate surface area is 95.9 Å². The maximum Gasteiger partial charge on any atom is 0.150 e. The highest BCUT2D eigenvalue weighted by atomic mass is 19.1. The van der Waals surface area contributed by atoms with Crippen LogP contribution < -0.4 is 5.32 Å². The molecule has 6 heteroatoms. The molecule has 0 radical (unpaired) electrons. The average molecular weight is 234 g/mol. The van der Waals surface area contributed by atoms with Crippen molar-refractivity contribution in [3.05, 3.63) is 47.3 Å². The Kier molecular flexibility index (Phi) is 3.01. The Morgan fingerprint density at radius 1 is 1.35 bits per heavy atom. The van der Waals surface area contributed by atoms with Crippen molar-refractivity contribution in [3.8, 4) is 6.07 Å². The number of aromatic nitrogens is 2. The molecule has 0 saturated heterocycles. The van der Waals surface area contributed by atoms with Crippen LogP contribution >= 0.6 is 0 Å². The summed E-state index contributed by atoms with van der Waals surface area (Å²) < 4.78 is 26.9. The standard InChI is InChI=1S/C11H8F2N4/c12-9-1-7(3-14)2-10(13)11(9)15-4-8-5-16-17-6-8/h1-2,5-6,15H,4H2,(H,16,17). The number of halogens is 2. The normalized spacial score (nSPS) is 9.94. The van der Waals surface area contributed by atoms with E-state index in [-0.39, 0.29) is 17.8 Å². The zero-order chi connectivity index (χ0) is 12.3. The highest BCUT2D eigenvalue weighted by Gasteiger charge is 2.10. The molecule has 1 aromatic carbocycles. The van der Waals surface area contributed by atoms with Crippen LogP contribution in [0.1, 0.15) is 11.1 Å². The van der Waals surface area contributed by atoms with E-state index in [2.05, 4.69) is 15.5 Å². The van der Waals surface area contributed by atoms with Crippen LogP contribution in [0.4, 0.5) is 14.5 Å². The second-order valence-corrected chi connectivity index (χ2v) is 3.39. The number of nitrogens with zero attached hydrogens (tertiary/aromatic N) is 2. The predicted octanol–water partition coefficient (Wildman–Crippen LogP) is 2.17. The maximum absolute atomic E-state index is 13.4. The summed E-state index contributed by atoms with van der Waals surface area (Å²) in [6, 6.07) is 3.66. The molecule has 1 aromatic heterocycles. The molecule has 0 aliphatic carbocycles. The Morgan fingerprint density at radius 3 is 2.59 bits per heavy atom. The van der Waals surface area contributed by atoms with Gasteiger partial charge in [-0.1, -0.05) is 0 Å². The van der Waals surface area contributed by atoms with E-state index in [1.165, 1.54) is 0 Å². The van der Waals surface area contributed by atoms with E-state index in [1.54, 1.807) is 18.5 Å². The van der Waals surface area contributed by atoms with Gasteiger partial charge < -0.3 is 5.32 Å². The van der Waals surface area contributed by atoms with E-state index in [1.807, 2.05) is 0 Å². The summed E-state index contributed by atoms with van der Waals surface area (Å²) in [6.07, 6.45) is 3.17. The Bertz CT molecular complexity index is 534. The summed E-state index contributed by atoms with van der Waals surface area (Å²) in [5, 5.41) is 17.5. The molecule has 4 nitrogen and oxygen atoms in total. The molecule has 0 saturated carbocycles. The van der Waals surface area contributed by atoms with E-state index >= 15 is 0 Å². The smallest absolute Gasteiger partial charge is 0.150 e. The molecular formula is C11H8F2N4. The van der Waals surface area contributed by atoms with Crippen LogP contribution in [-0.4, -0.2) is 10.2 Å². The minimum Gasteiger partial charge on any atom is -0.376 e. The largest absolute Gasteiger partial charge is 0.376 e. The van der Waals surface area contributed by atoms with Crippen LogP contribution in [0.15, 0.2) is 24.5 Å². The number of benzene rings is 1. The number of hydrogen-bond acceptors (Lipinski definition) is 3. The molecule has 0 aliphatic rings. The van der Waals surface area contributed by atoms with Gasteiger partial charge in [0, 0.05) is 18.3 Å². The molecule has 2 aromatic rings. The summed E-state index contributed by atoms with van der Waals surface area (Å²) >= 11 is 0. The topological polar surface area (TPSA) is 64.5 Å². The first-order valence-electron chi connectivity index (χ1n) is 4.81. The Hall–Kier alpha value is -2.42. The van der Waals surface area contributed by atoms with Gasteiger partial charge in [-0.2, -0.15) is 10.4 Å². The average Bonchev–Trinajstić information content (AvgIpc) is 2.80. The van der Waals surface area contributed by atoms with Crippen LogP contribution in [0, 0.1) is 23.0 Å². The van der Waals surface area contributed by atoms with Gasteiger partial charge in [0.15, 0.2) is 11.6 Å². The van der Waals surface area contributed by atoms with E-state index < -0.39 is 11.6 Å². The third-order valence-electron chi connectivity index (χ3n) is 2.20. The van der Waals surface area contributed by atoms with Gasteiger partial charge in [0.2, 0.25) is 0 Å². The van der Waals surface area contributed by atoms with Gasteiger partial charge in [0.25, 0.3) is 0 Å². The van der Waals surface area contributed by atoms with Gasteiger partial charge in [0.05, 0.1) is 17.8 Å². The highest BCUT2D eigenvalue weighted by molar-refractivity contribution is 5.50. The van der Waals surface area contributed by atoms with Crippen LogP contribution in [-0.2, 0) is 6.54 Å². The second kappa shape index (κ2) is 4.61. The van der Waals surface area contributed by atoms with Crippen LogP contribution in [0.2, 0.25) is 0 Å². The number of H-pyrrole nitrogens is 1. The van der Waals surface area contributed by atoms with Crippen molar-refractivity contribution in [3.63, 3.8) is 0 Å². The first kappa shape index (κ1) is 11.1. The lowest BCUT2D eigenvalue weighted by molar-refractivity contribution is 0.587. The molecular weight excluding hydrogens is 226 g/mol. The van der Waals surface area contributed by atoms with Gasteiger partial charge >= 0.3 is 0 Å². The van der Waals surface area contributed by atoms with E-state index in [9.17, 15) is 8.78 Å². The van der Waals surface area contributed by atoms with Crippen molar-refractivity contribution in [2.75, 3.05) is 5.32 Å². The maximum atomic E-state index is 13.4. The molecule has 0 fully saturated rings. The fourth-order valence-electron chi connectivity index (χ4n) is 1.37. The van der Waals surface area contributed by atoms with Gasteiger partial charge in [0.1, 0.15) is 5.69 Å². The van der Waals surface area contributed by atoms with Crippen LogP contribution in [0.25, 0.3) is 0 Å². The lowest BCUT2D eigenvalue weighted by Crippen LogP contribution is -2.03. The number of aromatic amines is 1. The number of hydrogen-bond donors (Lipinski definition) is 2. The Morgan fingerprint density at radius 2 is 2.06 bits per heavy atom. The number of rotatable bonds is 3. The van der Waals surface area contributed by atoms with Crippen LogP contribution in [0.3, 0.4) is 0 Å². The summed E-state index contributed by atoms with van der Waals surface area (Å²) in [6.45, 7) is 0.246. The molecule has 1 heterocycles. The molecule has 0 spiro atoms. The number of anilines is 1. The van der Waals surface area contributed by atoms with Crippen LogP contribution in [0.5, 0.6) is 0 Å². The monoisotopic (exact) mass is 234 g/mol. The quantitative estimate of drug-likeness (QED) is 0.855. The summed E-state index contributed by atoms with van der Waals surface area (Å²) in [7, 11) is 0. The van der Waals surface area contributed by atoms with E-state index in [0.717, 1.165) is 17.7 Å². The molecule has 86 valence electrons. The fourth-order valence-corrected chi connectivity index (χ4v) is 1.37. The van der Waals surface area contributed by atoms with Crippen molar-refractivity contribution in [1.29, 1.82) is 5.26 Å². The SMILES string of the molecule is N#Cc1cc(F)c(NCc2cn[nH]c2)c(F)c1. The van der Waals surface area contributed by atoms with E-state index in [0.29, 0.717) is 0 Å².